The topological polar surface area (TPSA) is 107 Å². The van der Waals surface area contributed by atoms with Crippen LogP contribution in [-0.4, -0.2) is 84.1 Å². The molecule has 9 nitrogen and oxygen atoms in total. The van der Waals surface area contributed by atoms with Crippen LogP contribution in [0.2, 0.25) is 0 Å². The van der Waals surface area contributed by atoms with E-state index in [1.165, 1.54) is 0 Å². The lowest BCUT2D eigenvalue weighted by Gasteiger charge is -2.34. The van der Waals surface area contributed by atoms with Crippen LogP contribution in [0.15, 0.2) is 24.3 Å². The second-order valence-corrected chi connectivity index (χ2v) is 8.90. The number of carbonyl (C=O) groups is 3. The molecule has 0 atom stereocenters. The Morgan fingerprint density at radius 3 is 2.38 bits per heavy atom. The summed E-state index contributed by atoms with van der Waals surface area (Å²) in [5.74, 6) is -0.265. The van der Waals surface area contributed by atoms with E-state index in [0.29, 0.717) is 11.3 Å². The molecule has 3 rings (SSSR count). The number of piperazine rings is 1. The van der Waals surface area contributed by atoms with Crippen molar-refractivity contribution in [3.8, 4) is 0 Å². The van der Waals surface area contributed by atoms with Crippen molar-refractivity contribution in [1.82, 2.24) is 25.4 Å². The number of likely N-dealkylation sites (N-methyl/N-ethyl adjacent to an activating group) is 1. The monoisotopic (exact) mass is 443 g/mol. The van der Waals surface area contributed by atoms with Gasteiger partial charge in [-0.1, -0.05) is 6.92 Å². The number of nitrogens with one attached hydrogen (secondary N) is 3. The van der Waals surface area contributed by atoms with Gasteiger partial charge < -0.3 is 30.2 Å². The van der Waals surface area contributed by atoms with Gasteiger partial charge in [-0.2, -0.15) is 0 Å². The van der Waals surface area contributed by atoms with Crippen LogP contribution in [0.4, 0.5) is 4.79 Å². The molecule has 1 aliphatic heterocycles. The van der Waals surface area contributed by atoms with Gasteiger partial charge in [0.15, 0.2) is 0 Å². The molecule has 3 N–H and O–H groups in total. The summed E-state index contributed by atoms with van der Waals surface area (Å²) in [5.41, 5.74) is 1.24. The molecule has 0 saturated carbocycles. The smallest absolute Gasteiger partial charge is 0.407 e. The highest BCUT2D eigenvalue weighted by molar-refractivity contribution is 6.01. The number of alkyl carbamates (subject to hydrolysis) is 1. The van der Waals surface area contributed by atoms with E-state index in [0.717, 1.165) is 43.6 Å². The minimum Gasteiger partial charge on any atom is -0.444 e. The zero-order valence-electron chi connectivity index (χ0n) is 19.3. The molecule has 0 aliphatic carbocycles. The van der Waals surface area contributed by atoms with Gasteiger partial charge >= 0.3 is 6.09 Å². The Morgan fingerprint density at radius 1 is 1.03 bits per heavy atom. The van der Waals surface area contributed by atoms with E-state index in [4.69, 9.17) is 4.74 Å². The number of ether oxygens (including phenoxy) is 1. The third kappa shape index (κ3) is 6.23. The van der Waals surface area contributed by atoms with Crippen molar-refractivity contribution in [2.75, 3.05) is 45.8 Å². The maximum Gasteiger partial charge on any atom is 0.407 e. The Morgan fingerprint density at radius 2 is 1.72 bits per heavy atom. The summed E-state index contributed by atoms with van der Waals surface area (Å²) in [6.07, 6.45) is -0.523. The lowest BCUT2D eigenvalue weighted by atomic mass is 10.1. The molecule has 174 valence electrons. The second kappa shape index (κ2) is 10.0. The molecule has 9 heteroatoms. The van der Waals surface area contributed by atoms with Gasteiger partial charge in [0.25, 0.3) is 11.8 Å². The van der Waals surface area contributed by atoms with Crippen molar-refractivity contribution in [2.45, 2.75) is 33.3 Å². The van der Waals surface area contributed by atoms with Crippen molar-refractivity contribution in [1.29, 1.82) is 0 Å². The minimum absolute atomic E-state index is 0.0167. The number of rotatable bonds is 6. The van der Waals surface area contributed by atoms with E-state index >= 15 is 0 Å². The fourth-order valence-corrected chi connectivity index (χ4v) is 3.59. The standard InChI is InChI=1S/C23H33N5O4/c1-5-27-10-12-28(13-11-27)21(30)16-6-7-18-17(14-16)15-19(26-18)20(29)24-8-9-25-22(31)32-23(2,3)4/h6-7,14-15,26H,5,8-13H2,1-4H3,(H,24,29)(H,25,31). The van der Waals surface area contributed by atoms with Crippen LogP contribution in [0.1, 0.15) is 48.5 Å². The average Bonchev–Trinajstić information content (AvgIpc) is 3.18. The zero-order chi connectivity index (χ0) is 23.3. The predicted molar refractivity (Wildman–Crippen MR) is 123 cm³/mol. The van der Waals surface area contributed by atoms with Gasteiger partial charge in [-0.05, 0) is 51.6 Å². The molecule has 0 radical (unpaired) electrons. The van der Waals surface area contributed by atoms with E-state index in [9.17, 15) is 14.4 Å². The number of aromatic amines is 1. The van der Waals surface area contributed by atoms with E-state index in [1.54, 1.807) is 32.9 Å². The van der Waals surface area contributed by atoms with Gasteiger partial charge in [0.05, 0.1) is 0 Å². The van der Waals surface area contributed by atoms with Crippen molar-refractivity contribution >= 4 is 28.8 Å². The van der Waals surface area contributed by atoms with Gasteiger partial charge in [0, 0.05) is 55.7 Å². The molecule has 1 aliphatic rings. The summed E-state index contributed by atoms with van der Waals surface area (Å²) in [7, 11) is 0. The number of fused-ring (bicyclic) bond motifs is 1. The molecule has 1 fully saturated rings. The van der Waals surface area contributed by atoms with Gasteiger partial charge in [-0.3, -0.25) is 9.59 Å². The van der Waals surface area contributed by atoms with Gasteiger partial charge in [-0.25, -0.2) is 4.79 Å². The van der Waals surface area contributed by atoms with Gasteiger partial charge in [-0.15, -0.1) is 0 Å². The molecule has 0 spiro atoms. The van der Waals surface area contributed by atoms with Crippen LogP contribution >= 0.6 is 0 Å². The molecule has 2 heterocycles. The first kappa shape index (κ1) is 23.6. The van der Waals surface area contributed by atoms with Crippen LogP contribution < -0.4 is 10.6 Å². The van der Waals surface area contributed by atoms with Crippen molar-refractivity contribution in [2.24, 2.45) is 0 Å². The molecule has 0 bridgehead atoms. The molecule has 3 amide bonds. The number of aromatic nitrogens is 1. The highest BCUT2D eigenvalue weighted by Gasteiger charge is 2.22. The van der Waals surface area contributed by atoms with Crippen molar-refractivity contribution < 1.29 is 19.1 Å². The van der Waals surface area contributed by atoms with Crippen LogP contribution in [0.3, 0.4) is 0 Å². The van der Waals surface area contributed by atoms with Crippen LogP contribution in [-0.2, 0) is 4.74 Å². The molecule has 1 aromatic carbocycles. The maximum atomic E-state index is 12.9. The number of nitrogens with zero attached hydrogens (tertiary/aromatic N) is 2. The molecule has 2 aromatic rings. The van der Waals surface area contributed by atoms with E-state index in [2.05, 4.69) is 27.4 Å². The first-order valence-electron chi connectivity index (χ1n) is 11.1. The minimum atomic E-state index is -0.568. The Bertz CT molecular complexity index is 970. The number of H-pyrrole nitrogens is 1. The third-order valence-corrected chi connectivity index (χ3v) is 5.30. The summed E-state index contributed by atoms with van der Waals surface area (Å²) >= 11 is 0. The largest absolute Gasteiger partial charge is 0.444 e. The quantitative estimate of drug-likeness (QED) is 0.594. The Kier molecular flexibility index (Phi) is 7.40. The first-order chi connectivity index (χ1) is 15.2. The number of carbonyl (C=O) groups excluding carboxylic acids is 3. The summed E-state index contributed by atoms with van der Waals surface area (Å²) < 4.78 is 5.15. The number of hydrogen-bond donors (Lipinski definition) is 3. The number of hydrogen-bond acceptors (Lipinski definition) is 5. The maximum absolute atomic E-state index is 12.9. The van der Waals surface area contributed by atoms with E-state index < -0.39 is 11.7 Å². The average molecular weight is 444 g/mol. The Labute approximate surface area is 188 Å². The fourth-order valence-electron chi connectivity index (χ4n) is 3.59. The van der Waals surface area contributed by atoms with Crippen molar-refractivity contribution in [3.63, 3.8) is 0 Å². The SMILES string of the molecule is CCN1CCN(C(=O)c2ccc3[nH]c(C(=O)NCCNC(=O)OC(C)(C)C)cc3c2)CC1. The highest BCUT2D eigenvalue weighted by Crippen LogP contribution is 2.19. The predicted octanol–water partition coefficient (Wildman–Crippen LogP) is 2.20. The summed E-state index contributed by atoms with van der Waals surface area (Å²) in [6.45, 7) is 12.2. The zero-order valence-corrected chi connectivity index (χ0v) is 19.3. The second-order valence-electron chi connectivity index (χ2n) is 8.90. The highest BCUT2D eigenvalue weighted by atomic mass is 16.6. The van der Waals surface area contributed by atoms with Crippen molar-refractivity contribution in [3.05, 3.63) is 35.5 Å². The Hall–Kier alpha value is -3.07. The van der Waals surface area contributed by atoms with Crippen LogP contribution in [0.25, 0.3) is 10.9 Å². The molecule has 32 heavy (non-hydrogen) atoms. The lowest BCUT2D eigenvalue weighted by Crippen LogP contribution is -2.48. The van der Waals surface area contributed by atoms with Crippen LogP contribution in [0, 0.1) is 0 Å². The third-order valence-electron chi connectivity index (χ3n) is 5.30. The molecular weight excluding hydrogens is 410 g/mol. The first-order valence-corrected chi connectivity index (χ1v) is 11.1. The fraction of sp³-hybridized carbons (Fsp3) is 0.522. The summed E-state index contributed by atoms with van der Waals surface area (Å²) in [6, 6.07) is 7.17. The molecule has 1 saturated heterocycles. The van der Waals surface area contributed by atoms with Crippen LogP contribution in [0.5, 0.6) is 0 Å². The van der Waals surface area contributed by atoms with Gasteiger partial charge in [0.1, 0.15) is 11.3 Å². The summed E-state index contributed by atoms with van der Waals surface area (Å²) in [4.78, 5) is 44.2. The Balaban J connectivity index is 1.54. The molecule has 0 unspecified atom stereocenters. The van der Waals surface area contributed by atoms with Gasteiger partial charge in [0.2, 0.25) is 0 Å². The molecule has 1 aromatic heterocycles. The van der Waals surface area contributed by atoms with E-state index in [1.807, 2.05) is 17.0 Å². The number of amides is 3. The normalized spacial score (nSPS) is 14.9. The van der Waals surface area contributed by atoms with E-state index in [-0.39, 0.29) is 24.9 Å². The summed E-state index contributed by atoms with van der Waals surface area (Å²) in [5, 5.41) is 6.16. The number of benzene rings is 1. The lowest BCUT2D eigenvalue weighted by molar-refractivity contribution is 0.0526. The molecular formula is C23H33N5O4.